The molecule has 0 heterocycles. The summed E-state index contributed by atoms with van der Waals surface area (Å²) in [6, 6.07) is 7.32. The van der Waals surface area contributed by atoms with E-state index in [9.17, 15) is 0 Å². The molecule has 19 heavy (non-hydrogen) atoms. The second kappa shape index (κ2) is 6.56. The molecular formula is C18H29N. The Balaban J connectivity index is 2.22. The first kappa shape index (κ1) is 14.6. The van der Waals surface area contributed by atoms with Crippen LogP contribution in [0.3, 0.4) is 0 Å². The molecule has 0 amide bonds. The van der Waals surface area contributed by atoms with E-state index in [0.717, 1.165) is 18.4 Å². The van der Waals surface area contributed by atoms with Gasteiger partial charge in [-0.25, -0.2) is 0 Å². The lowest BCUT2D eigenvalue weighted by Gasteiger charge is -2.34. The van der Waals surface area contributed by atoms with Crippen LogP contribution in [0.15, 0.2) is 18.2 Å². The van der Waals surface area contributed by atoms with Crippen LogP contribution in [0.1, 0.15) is 62.3 Å². The fourth-order valence-corrected chi connectivity index (χ4v) is 3.48. The maximum Gasteiger partial charge on any atom is 0.0351 e. The molecule has 1 aliphatic rings. The lowest BCUT2D eigenvalue weighted by molar-refractivity contribution is 0.232. The standard InChI is InChI=1S/C18H29N/c1-5-19-18(16-11-9-13(2)10-12-16)17-8-6-7-14(3)15(17)4/h6-8,13,16,18-19H,5,9-12H2,1-4H3. The van der Waals surface area contributed by atoms with Crippen molar-refractivity contribution in [3.05, 3.63) is 34.9 Å². The molecule has 0 radical (unpaired) electrons. The summed E-state index contributed by atoms with van der Waals surface area (Å²) < 4.78 is 0. The summed E-state index contributed by atoms with van der Waals surface area (Å²) in [7, 11) is 0. The molecule has 0 spiro atoms. The van der Waals surface area contributed by atoms with Gasteiger partial charge in [-0.15, -0.1) is 0 Å². The van der Waals surface area contributed by atoms with Crippen molar-refractivity contribution >= 4 is 0 Å². The maximum absolute atomic E-state index is 3.75. The zero-order valence-corrected chi connectivity index (χ0v) is 13.0. The highest BCUT2D eigenvalue weighted by atomic mass is 14.9. The highest BCUT2D eigenvalue weighted by molar-refractivity contribution is 5.35. The Morgan fingerprint density at radius 1 is 1.16 bits per heavy atom. The van der Waals surface area contributed by atoms with Crippen LogP contribution in [-0.4, -0.2) is 6.54 Å². The van der Waals surface area contributed by atoms with E-state index in [1.54, 1.807) is 0 Å². The van der Waals surface area contributed by atoms with Crippen molar-refractivity contribution in [3.63, 3.8) is 0 Å². The first-order valence-electron chi connectivity index (χ1n) is 7.93. The van der Waals surface area contributed by atoms with Crippen LogP contribution in [0.2, 0.25) is 0 Å². The van der Waals surface area contributed by atoms with E-state index in [-0.39, 0.29) is 0 Å². The average molecular weight is 259 g/mol. The fraction of sp³-hybridized carbons (Fsp3) is 0.667. The van der Waals surface area contributed by atoms with Crippen LogP contribution in [0, 0.1) is 25.7 Å². The van der Waals surface area contributed by atoms with E-state index in [2.05, 4.69) is 51.2 Å². The van der Waals surface area contributed by atoms with Gasteiger partial charge in [0.1, 0.15) is 0 Å². The van der Waals surface area contributed by atoms with Gasteiger partial charge in [0, 0.05) is 6.04 Å². The van der Waals surface area contributed by atoms with Gasteiger partial charge in [-0.1, -0.05) is 44.9 Å². The summed E-state index contributed by atoms with van der Waals surface area (Å²) in [6.07, 6.45) is 5.56. The van der Waals surface area contributed by atoms with Gasteiger partial charge in [0.05, 0.1) is 0 Å². The predicted molar refractivity (Wildman–Crippen MR) is 83.5 cm³/mol. The second-order valence-corrected chi connectivity index (χ2v) is 6.34. The largest absolute Gasteiger partial charge is 0.310 e. The van der Waals surface area contributed by atoms with E-state index in [1.165, 1.54) is 42.4 Å². The monoisotopic (exact) mass is 259 g/mol. The SMILES string of the molecule is CCNC(c1cccc(C)c1C)C1CCC(C)CC1. The molecule has 1 unspecified atom stereocenters. The van der Waals surface area contributed by atoms with Gasteiger partial charge in [-0.05, 0) is 61.8 Å². The summed E-state index contributed by atoms with van der Waals surface area (Å²) in [5, 5.41) is 3.75. The van der Waals surface area contributed by atoms with Crippen LogP contribution >= 0.6 is 0 Å². The smallest absolute Gasteiger partial charge is 0.0351 e. The van der Waals surface area contributed by atoms with Crippen LogP contribution in [-0.2, 0) is 0 Å². The Hall–Kier alpha value is -0.820. The second-order valence-electron chi connectivity index (χ2n) is 6.34. The number of hydrogen-bond donors (Lipinski definition) is 1. The van der Waals surface area contributed by atoms with Crippen molar-refractivity contribution in [1.29, 1.82) is 0 Å². The number of aryl methyl sites for hydroxylation is 1. The summed E-state index contributed by atoms with van der Waals surface area (Å²) >= 11 is 0. The lowest BCUT2D eigenvalue weighted by Crippen LogP contribution is -2.31. The number of benzene rings is 1. The van der Waals surface area contributed by atoms with Crippen molar-refractivity contribution in [3.8, 4) is 0 Å². The first-order valence-corrected chi connectivity index (χ1v) is 7.93. The van der Waals surface area contributed by atoms with E-state index in [4.69, 9.17) is 0 Å². The maximum atomic E-state index is 3.75. The van der Waals surface area contributed by atoms with Crippen LogP contribution in [0.4, 0.5) is 0 Å². The molecule has 1 aliphatic carbocycles. The molecule has 2 rings (SSSR count). The lowest BCUT2D eigenvalue weighted by atomic mass is 9.76. The molecule has 0 aromatic heterocycles. The molecule has 0 bridgehead atoms. The Kier molecular flexibility index (Phi) is 5.04. The fourth-order valence-electron chi connectivity index (χ4n) is 3.48. The molecule has 0 aliphatic heterocycles. The number of hydrogen-bond acceptors (Lipinski definition) is 1. The van der Waals surface area contributed by atoms with Crippen molar-refractivity contribution < 1.29 is 0 Å². The Morgan fingerprint density at radius 3 is 2.47 bits per heavy atom. The molecule has 1 saturated carbocycles. The van der Waals surface area contributed by atoms with Gasteiger partial charge in [-0.2, -0.15) is 0 Å². The topological polar surface area (TPSA) is 12.0 Å². The van der Waals surface area contributed by atoms with Crippen molar-refractivity contribution in [1.82, 2.24) is 5.32 Å². The zero-order valence-electron chi connectivity index (χ0n) is 13.0. The molecule has 0 saturated heterocycles. The number of rotatable bonds is 4. The number of nitrogens with one attached hydrogen (secondary N) is 1. The summed E-state index contributed by atoms with van der Waals surface area (Å²) in [4.78, 5) is 0. The van der Waals surface area contributed by atoms with Crippen LogP contribution in [0.5, 0.6) is 0 Å². The molecule has 1 heteroatoms. The van der Waals surface area contributed by atoms with Gasteiger partial charge in [-0.3, -0.25) is 0 Å². The molecule has 1 aromatic rings. The first-order chi connectivity index (χ1) is 9.13. The van der Waals surface area contributed by atoms with E-state index < -0.39 is 0 Å². The average Bonchev–Trinajstić information content (AvgIpc) is 2.41. The zero-order chi connectivity index (χ0) is 13.8. The molecular weight excluding hydrogens is 230 g/mol. The van der Waals surface area contributed by atoms with Crippen molar-refractivity contribution in [2.45, 2.75) is 59.4 Å². The van der Waals surface area contributed by atoms with Crippen LogP contribution < -0.4 is 5.32 Å². The quantitative estimate of drug-likeness (QED) is 0.820. The van der Waals surface area contributed by atoms with Crippen molar-refractivity contribution in [2.24, 2.45) is 11.8 Å². The van der Waals surface area contributed by atoms with Gasteiger partial charge < -0.3 is 5.32 Å². The molecule has 1 nitrogen and oxygen atoms in total. The van der Waals surface area contributed by atoms with E-state index in [0.29, 0.717) is 6.04 Å². The Bertz CT molecular complexity index is 402. The molecule has 1 N–H and O–H groups in total. The minimum atomic E-state index is 0.553. The van der Waals surface area contributed by atoms with Gasteiger partial charge in [0.15, 0.2) is 0 Å². The van der Waals surface area contributed by atoms with Crippen molar-refractivity contribution in [2.75, 3.05) is 6.54 Å². The molecule has 1 fully saturated rings. The molecule has 1 aromatic carbocycles. The van der Waals surface area contributed by atoms with E-state index >= 15 is 0 Å². The minimum Gasteiger partial charge on any atom is -0.310 e. The normalized spacial score (nSPS) is 25.3. The van der Waals surface area contributed by atoms with Gasteiger partial charge in [0.2, 0.25) is 0 Å². The minimum absolute atomic E-state index is 0.553. The van der Waals surface area contributed by atoms with E-state index in [1.807, 2.05) is 0 Å². The van der Waals surface area contributed by atoms with Gasteiger partial charge >= 0.3 is 0 Å². The summed E-state index contributed by atoms with van der Waals surface area (Å²) in [6.45, 7) is 10.2. The summed E-state index contributed by atoms with van der Waals surface area (Å²) in [5.74, 6) is 1.74. The third-order valence-electron chi connectivity index (χ3n) is 4.94. The third kappa shape index (κ3) is 3.39. The molecule has 106 valence electrons. The highest BCUT2D eigenvalue weighted by Crippen LogP contribution is 2.38. The van der Waals surface area contributed by atoms with Crippen LogP contribution in [0.25, 0.3) is 0 Å². The third-order valence-corrected chi connectivity index (χ3v) is 4.94. The Labute approximate surface area is 118 Å². The molecule has 1 atom stereocenters. The summed E-state index contributed by atoms with van der Waals surface area (Å²) in [5.41, 5.74) is 4.43. The Morgan fingerprint density at radius 2 is 1.84 bits per heavy atom. The highest BCUT2D eigenvalue weighted by Gasteiger charge is 2.27. The predicted octanol–water partition coefficient (Wildman–Crippen LogP) is 4.78. The van der Waals surface area contributed by atoms with Gasteiger partial charge in [0.25, 0.3) is 0 Å².